The van der Waals surface area contributed by atoms with Crippen molar-refractivity contribution in [2.45, 2.75) is 78.1 Å². The molecule has 0 saturated heterocycles. The number of unbranched alkanes of at least 4 members (excludes halogenated alkanes) is 9. The topological polar surface area (TPSA) is 41.1 Å². The summed E-state index contributed by atoms with van der Waals surface area (Å²) >= 11 is 0. The molecule has 0 saturated carbocycles. The number of nitrogens with one attached hydrogen (secondary N) is 2. The highest BCUT2D eigenvalue weighted by Gasteiger charge is 2.17. The van der Waals surface area contributed by atoms with E-state index in [9.17, 15) is 4.79 Å². The zero-order valence-electron chi connectivity index (χ0n) is 14.8. The van der Waals surface area contributed by atoms with Crippen molar-refractivity contribution in [1.82, 2.24) is 10.7 Å². The van der Waals surface area contributed by atoms with Crippen LogP contribution in [0.25, 0.3) is 0 Å². The molecule has 0 aromatic carbocycles. The number of hydrogen-bond donors (Lipinski definition) is 2. The molecule has 0 aliphatic heterocycles. The van der Waals surface area contributed by atoms with Crippen LogP contribution in [0.2, 0.25) is 0 Å². The van der Waals surface area contributed by atoms with Gasteiger partial charge in [-0.3, -0.25) is 0 Å². The average Bonchev–Trinajstić information content (AvgIpc) is 2.40. The second-order valence-electron chi connectivity index (χ2n) is 6.56. The Hall–Kier alpha value is -0.770. The molecule has 0 aliphatic rings. The fourth-order valence-corrected chi connectivity index (χ4v) is 2.53. The van der Waals surface area contributed by atoms with Crippen molar-refractivity contribution in [1.29, 1.82) is 0 Å². The molecular weight excluding hydrogens is 262 g/mol. The molecule has 0 radical (unpaired) electrons. The molecule has 0 aromatic heterocycles. The Bertz CT molecular complexity index is 254. The highest BCUT2D eigenvalue weighted by atomic mass is 16.2. The van der Waals surface area contributed by atoms with Gasteiger partial charge in [-0.15, -0.1) is 0 Å². The van der Waals surface area contributed by atoms with Gasteiger partial charge in [-0.05, 0) is 19.8 Å². The number of urea groups is 1. The van der Waals surface area contributed by atoms with E-state index in [1.807, 2.05) is 21.0 Å². The van der Waals surface area contributed by atoms with Crippen molar-refractivity contribution >= 4 is 6.03 Å². The Balaban J connectivity index is 3.42. The number of carbonyl (C=O) groups excluding carboxylic acids is 1. The lowest BCUT2D eigenvalue weighted by Crippen LogP contribution is -2.57. The van der Waals surface area contributed by atoms with Gasteiger partial charge in [-0.1, -0.05) is 58.3 Å². The summed E-state index contributed by atoms with van der Waals surface area (Å²) in [6.07, 6.45) is 13.5. The maximum Gasteiger partial charge on any atom is 0.359 e. The first-order valence-electron chi connectivity index (χ1n) is 8.91. The van der Waals surface area contributed by atoms with Crippen LogP contribution < -0.4 is 10.7 Å². The minimum atomic E-state index is -0.0745. The van der Waals surface area contributed by atoms with Gasteiger partial charge in [-0.25, -0.2) is 9.39 Å². The first-order chi connectivity index (χ1) is 10.0. The number of amides is 2. The van der Waals surface area contributed by atoms with Gasteiger partial charge in [0.2, 0.25) is 0 Å². The summed E-state index contributed by atoms with van der Waals surface area (Å²) in [5.74, 6) is 0. The maximum absolute atomic E-state index is 11.5. The van der Waals surface area contributed by atoms with E-state index in [0.717, 1.165) is 6.54 Å². The lowest BCUT2D eigenvalue weighted by Gasteiger charge is -2.28. The Kier molecular flexibility index (Phi) is 12.5. The molecule has 126 valence electrons. The molecule has 4 nitrogen and oxygen atoms in total. The van der Waals surface area contributed by atoms with E-state index in [0.29, 0.717) is 11.1 Å². The molecule has 0 fully saturated rings. The van der Waals surface area contributed by atoms with E-state index < -0.39 is 0 Å². The fourth-order valence-electron chi connectivity index (χ4n) is 2.53. The number of carbonyl (C=O) groups is 1. The van der Waals surface area contributed by atoms with Crippen molar-refractivity contribution in [3.63, 3.8) is 0 Å². The van der Waals surface area contributed by atoms with Crippen LogP contribution in [-0.2, 0) is 0 Å². The molecular formula is C17H38N3O+. The van der Waals surface area contributed by atoms with Crippen LogP contribution in [0, 0.1) is 0 Å². The highest BCUT2D eigenvalue weighted by Crippen LogP contribution is 2.11. The molecule has 0 heterocycles. The number of hydrogen-bond acceptors (Lipinski definition) is 1. The van der Waals surface area contributed by atoms with Crippen molar-refractivity contribution in [3.8, 4) is 0 Å². The van der Waals surface area contributed by atoms with Crippen molar-refractivity contribution < 1.29 is 9.39 Å². The summed E-state index contributed by atoms with van der Waals surface area (Å²) in [5, 5.41) is 2.78. The molecule has 0 aromatic rings. The van der Waals surface area contributed by atoms with Crippen LogP contribution in [0.4, 0.5) is 4.79 Å². The van der Waals surface area contributed by atoms with Crippen LogP contribution in [-0.4, -0.2) is 37.8 Å². The second kappa shape index (κ2) is 12.9. The monoisotopic (exact) mass is 300 g/mol. The third kappa shape index (κ3) is 13.9. The summed E-state index contributed by atoms with van der Waals surface area (Å²) in [6.45, 7) is 5.86. The molecule has 0 spiro atoms. The van der Waals surface area contributed by atoms with Gasteiger partial charge in [-0.2, -0.15) is 5.43 Å². The Morgan fingerprint density at radius 1 is 0.810 bits per heavy atom. The largest absolute Gasteiger partial charge is 0.359 e. The summed E-state index contributed by atoms with van der Waals surface area (Å²) in [6, 6.07) is -0.0745. The average molecular weight is 301 g/mol. The Morgan fingerprint density at radius 2 is 1.29 bits per heavy atom. The number of quaternary nitrogens is 1. The molecule has 21 heavy (non-hydrogen) atoms. The third-order valence-corrected chi connectivity index (χ3v) is 3.81. The summed E-state index contributed by atoms with van der Waals surface area (Å²) in [5.41, 5.74) is 2.98. The second-order valence-corrected chi connectivity index (χ2v) is 6.56. The maximum atomic E-state index is 11.5. The van der Waals surface area contributed by atoms with E-state index in [1.54, 1.807) is 0 Å². The Labute approximate surface area is 132 Å². The van der Waals surface area contributed by atoms with E-state index in [4.69, 9.17) is 0 Å². The van der Waals surface area contributed by atoms with E-state index in [1.165, 1.54) is 64.2 Å². The van der Waals surface area contributed by atoms with Gasteiger partial charge in [0.05, 0.1) is 14.1 Å². The van der Waals surface area contributed by atoms with E-state index in [2.05, 4.69) is 17.7 Å². The molecule has 0 rings (SSSR count). The van der Waals surface area contributed by atoms with Crippen LogP contribution in [0.3, 0.4) is 0 Å². The molecule has 0 unspecified atom stereocenters. The van der Waals surface area contributed by atoms with Gasteiger partial charge >= 0.3 is 6.03 Å². The van der Waals surface area contributed by atoms with Crippen LogP contribution in [0.15, 0.2) is 0 Å². The molecule has 4 heteroatoms. The third-order valence-electron chi connectivity index (χ3n) is 3.81. The van der Waals surface area contributed by atoms with Gasteiger partial charge in [0.1, 0.15) is 6.54 Å². The lowest BCUT2D eigenvalue weighted by molar-refractivity contribution is -0.925. The van der Waals surface area contributed by atoms with Crippen LogP contribution in [0.5, 0.6) is 0 Å². The Morgan fingerprint density at radius 3 is 1.76 bits per heavy atom. The predicted molar refractivity (Wildman–Crippen MR) is 91.0 cm³/mol. The SMILES string of the molecule is CCCCCCCCCCCC[N+](C)(C)NC(=O)NCC. The smallest absolute Gasteiger partial charge is 0.335 e. The van der Waals surface area contributed by atoms with Crippen molar-refractivity contribution in [2.24, 2.45) is 0 Å². The van der Waals surface area contributed by atoms with Gasteiger partial charge in [0, 0.05) is 6.54 Å². The molecule has 0 aliphatic carbocycles. The zero-order valence-corrected chi connectivity index (χ0v) is 14.8. The number of nitrogens with zero attached hydrogens (tertiary/aromatic N) is 1. The molecule has 2 amide bonds. The normalized spacial score (nSPS) is 11.4. The first-order valence-corrected chi connectivity index (χ1v) is 8.91. The first kappa shape index (κ1) is 20.2. The summed E-state index contributed by atoms with van der Waals surface area (Å²) in [4.78, 5) is 11.5. The van der Waals surface area contributed by atoms with Crippen LogP contribution in [0.1, 0.15) is 78.1 Å². The zero-order chi connectivity index (χ0) is 16.0. The fraction of sp³-hybridized carbons (Fsp3) is 0.941. The van der Waals surface area contributed by atoms with Gasteiger partial charge < -0.3 is 5.32 Å². The predicted octanol–water partition coefficient (Wildman–Crippen LogP) is 4.22. The van der Waals surface area contributed by atoms with Gasteiger partial charge in [0.25, 0.3) is 0 Å². The number of rotatable bonds is 13. The summed E-state index contributed by atoms with van der Waals surface area (Å²) < 4.78 is 0.558. The minimum Gasteiger partial charge on any atom is -0.335 e. The van der Waals surface area contributed by atoms with E-state index in [-0.39, 0.29) is 6.03 Å². The van der Waals surface area contributed by atoms with Crippen molar-refractivity contribution in [2.75, 3.05) is 27.2 Å². The standard InChI is InChI=1S/C17H37N3O/c1-5-7-8-9-10-11-12-13-14-15-16-20(3,4)19-17(21)18-6-2/h5-16H2,1-4H3,(H-,18,19,21)/p+1. The molecule has 2 N–H and O–H groups in total. The quantitative estimate of drug-likeness (QED) is 0.298. The van der Waals surface area contributed by atoms with E-state index >= 15 is 0 Å². The van der Waals surface area contributed by atoms with Crippen molar-refractivity contribution in [3.05, 3.63) is 0 Å². The molecule has 0 atom stereocenters. The lowest BCUT2D eigenvalue weighted by atomic mass is 10.1. The summed E-state index contributed by atoms with van der Waals surface area (Å²) in [7, 11) is 4.09. The minimum absolute atomic E-state index is 0.0745. The van der Waals surface area contributed by atoms with Crippen LogP contribution >= 0.6 is 0 Å². The highest BCUT2D eigenvalue weighted by molar-refractivity contribution is 5.72. The molecule has 0 bridgehead atoms. The van der Waals surface area contributed by atoms with Gasteiger partial charge in [0.15, 0.2) is 0 Å².